The van der Waals surface area contributed by atoms with Crippen molar-refractivity contribution in [1.29, 1.82) is 0 Å². The fourth-order valence-electron chi connectivity index (χ4n) is 4.19. The van der Waals surface area contributed by atoms with Gasteiger partial charge in [0.1, 0.15) is 17.1 Å². The number of nitrogens with zero attached hydrogens (tertiary/aromatic N) is 1. The zero-order valence-electron chi connectivity index (χ0n) is 19.7. The number of para-hydroxylation sites is 1. The molecular weight excluding hydrogens is 406 g/mol. The van der Waals surface area contributed by atoms with E-state index in [0.29, 0.717) is 0 Å². The van der Waals surface area contributed by atoms with Gasteiger partial charge >= 0.3 is 0 Å². The third-order valence-electron chi connectivity index (χ3n) is 6.06. The lowest BCUT2D eigenvalue weighted by Crippen LogP contribution is -2.18. The Kier molecular flexibility index (Phi) is 8.60. The molecule has 4 rings (SSSR count). The molecule has 1 heterocycles. The highest BCUT2D eigenvalue weighted by molar-refractivity contribution is 5.82. The molecule has 0 saturated heterocycles. The van der Waals surface area contributed by atoms with E-state index in [9.17, 15) is 0 Å². The predicted octanol–water partition coefficient (Wildman–Crippen LogP) is 7.95. The third kappa shape index (κ3) is 7.23. The lowest BCUT2D eigenvalue weighted by molar-refractivity contribution is 0.301. The zero-order valence-corrected chi connectivity index (χ0v) is 19.7. The van der Waals surface area contributed by atoms with Crippen molar-refractivity contribution in [2.45, 2.75) is 45.1 Å². The van der Waals surface area contributed by atoms with E-state index in [1.54, 1.807) is 0 Å². The maximum absolute atomic E-state index is 5.94. The van der Waals surface area contributed by atoms with Crippen molar-refractivity contribution in [1.82, 2.24) is 4.90 Å². The van der Waals surface area contributed by atoms with Gasteiger partial charge in [0.25, 0.3) is 0 Å². The zero-order chi connectivity index (χ0) is 22.7. The van der Waals surface area contributed by atoms with E-state index in [1.807, 2.05) is 30.3 Å². The molecule has 0 atom stereocenters. The summed E-state index contributed by atoms with van der Waals surface area (Å²) in [6, 6.07) is 29.1. The van der Waals surface area contributed by atoms with Gasteiger partial charge in [-0.15, -0.1) is 0 Å². The summed E-state index contributed by atoms with van der Waals surface area (Å²) in [5, 5.41) is 1.13. The van der Waals surface area contributed by atoms with Crippen LogP contribution in [0.4, 0.5) is 0 Å². The molecule has 33 heavy (non-hydrogen) atoms. The molecule has 0 N–H and O–H groups in total. The first-order valence-corrected chi connectivity index (χ1v) is 12.2. The summed E-state index contributed by atoms with van der Waals surface area (Å²) in [4.78, 5) is 2.42. The van der Waals surface area contributed by atoms with Gasteiger partial charge in [0.05, 0.1) is 6.61 Å². The molecule has 0 amide bonds. The molecule has 3 heteroatoms. The summed E-state index contributed by atoms with van der Waals surface area (Å²) in [5.41, 5.74) is 3.39. The second-order valence-electron chi connectivity index (χ2n) is 8.87. The molecule has 3 aromatic carbocycles. The number of benzene rings is 3. The molecular formula is C30H35NO2. The second-order valence-corrected chi connectivity index (χ2v) is 8.87. The lowest BCUT2D eigenvalue weighted by Gasteiger charge is -2.16. The highest BCUT2D eigenvalue weighted by Gasteiger charge is 2.06. The number of ether oxygens (including phenoxy) is 1. The van der Waals surface area contributed by atoms with Crippen molar-refractivity contribution < 1.29 is 9.15 Å². The number of furan rings is 1. The van der Waals surface area contributed by atoms with Gasteiger partial charge in [-0.3, -0.25) is 0 Å². The van der Waals surface area contributed by atoms with Crippen molar-refractivity contribution in [2.24, 2.45) is 0 Å². The molecule has 0 unspecified atom stereocenters. The second kappa shape index (κ2) is 12.3. The van der Waals surface area contributed by atoms with Crippen LogP contribution in [0, 0.1) is 0 Å². The number of hydrogen-bond acceptors (Lipinski definition) is 3. The lowest BCUT2D eigenvalue weighted by atomic mass is 10.1. The van der Waals surface area contributed by atoms with Crippen LogP contribution in [0.15, 0.2) is 89.3 Å². The standard InChI is InChI=1S/C30H35NO2/c1-31(24-25-13-7-6-8-14-25)21-11-4-2-3-5-12-22-32-28-19-17-26(18-20-28)30-23-27-15-9-10-16-29(27)33-30/h6-10,13-20,23H,2-5,11-12,21-22,24H2,1H3. The first-order chi connectivity index (χ1) is 16.3. The number of rotatable bonds is 13. The van der Waals surface area contributed by atoms with Crippen molar-refractivity contribution in [3.8, 4) is 17.1 Å². The Bertz CT molecular complexity index is 1050. The maximum atomic E-state index is 5.94. The quantitative estimate of drug-likeness (QED) is 0.197. The van der Waals surface area contributed by atoms with E-state index >= 15 is 0 Å². The average molecular weight is 442 g/mol. The van der Waals surface area contributed by atoms with Gasteiger partial charge in [-0.05, 0) is 68.4 Å². The van der Waals surface area contributed by atoms with Gasteiger partial charge in [0.2, 0.25) is 0 Å². The molecule has 0 aliphatic carbocycles. The largest absolute Gasteiger partial charge is 0.494 e. The molecule has 1 aromatic heterocycles. The molecule has 0 saturated carbocycles. The minimum absolute atomic E-state index is 0.782. The van der Waals surface area contributed by atoms with Crippen LogP contribution in [0.2, 0.25) is 0 Å². The Balaban J connectivity index is 1.05. The summed E-state index contributed by atoms with van der Waals surface area (Å²) in [5.74, 6) is 1.82. The summed E-state index contributed by atoms with van der Waals surface area (Å²) in [7, 11) is 2.22. The number of fused-ring (bicyclic) bond motifs is 1. The fourth-order valence-corrected chi connectivity index (χ4v) is 4.19. The van der Waals surface area contributed by atoms with E-state index in [-0.39, 0.29) is 0 Å². The molecule has 0 aliphatic heterocycles. The molecule has 3 nitrogen and oxygen atoms in total. The average Bonchev–Trinajstić information content (AvgIpc) is 3.28. The van der Waals surface area contributed by atoms with E-state index in [1.165, 1.54) is 44.2 Å². The molecule has 4 aromatic rings. The van der Waals surface area contributed by atoms with E-state index in [4.69, 9.17) is 9.15 Å². The molecule has 0 aliphatic rings. The van der Waals surface area contributed by atoms with Crippen LogP contribution in [0.3, 0.4) is 0 Å². The van der Waals surface area contributed by atoms with Crippen LogP contribution >= 0.6 is 0 Å². The van der Waals surface area contributed by atoms with Gasteiger partial charge in [-0.2, -0.15) is 0 Å². The minimum atomic E-state index is 0.782. The Morgan fingerprint density at radius 1 is 0.727 bits per heavy atom. The van der Waals surface area contributed by atoms with Crippen LogP contribution in [-0.2, 0) is 6.54 Å². The summed E-state index contributed by atoms with van der Waals surface area (Å²) in [6.07, 6.45) is 7.53. The number of hydrogen-bond donors (Lipinski definition) is 0. The summed E-state index contributed by atoms with van der Waals surface area (Å²) >= 11 is 0. The van der Waals surface area contributed by atoms with Gasteiger partial charge < -0.3 is 14.1 Å². The van der Waals surface area contributed by atoms with Crippen molar-refractivity contribution in [3.05, 3.63) is 90.5 Å². The first-order valence-electron chi connectivity index (χ1n) is 12.2. The smallest absolute Gasteiger partial charge is 0.135 e. The van der Waals surface area contributed by atoms with Crippen molar-refractivity contribution >= 4 is 11.0 Å². The molecule has 0 fully saturated rings. The highest BCUT2D eigenvalue weighted by atomic mass is 16.5. The SMILES string of the molecule is CN(CCCCCCCCOc1ccc(-c2cc3ccccc3o2)cc1)Cc1ccccc1. The van der Waals surface area contributed by atoms with Crippen LogP contribution in [0.5, 0.6) is 5.75 Å². The van der Waals surface area contributed by atoms with Gasteiger partial charge in [-0.25, -0.2) is 0 Å². The summed E-state index contributed by atoms with van der Waals surface area (Å²) < 4.78 is 11.9. The van der Waals surface area contributed by atoms with Crippen LogP contribution in [0.1, 0.15) is 44.1 Å². The van der Waals surface area contributed by atoms with Crippen LogP contribution < -0.4 is 4.74 Å². The number of unbranched alkanes of at least 4 members (excludes halogenated alkanes) is 5. The molecule has 0 spiro atoms. The maximum Gasteiger partial charge on any atom is 0.135 e. The van der Waals surface area contributed by atoms with Crippen molar-refractivity contribution in [2.75, 3.05) is 20.2 Å². The van der Waals surface area contributed by atoms with Gasteiger partial charge in [-0.1, -0.05) is 74.2 Å². The van der Waals surface area contributed by atoms with Crippen molar-refractivity contribution in [3.63, 3.8) is 0 Å². The topological polar surface area (TPSA) is 25.6 Å². The molecule has 0 radical (unpaired) electrons. The third-order valence-corrected chi connectivity index (χ3v) is 6.06. The fraction of sp³-hybridized carbons (Fsp3) is 0.333. The first kappa shape index (κ1) is 23.1. The Morgan fingerprint density at radius 2 is 1.42 bits per heavy atom. The predicted molar refractivity (Wildman–Crippen MR) is 138 cm³/mol. The molecule has 172 valence electrons. The minimum Gasteiger partial charge on any atom is -0.494 e. The molecule has 0 bridgehead atoms. The van der Waals surface area contributed by atoms with Gasteiger partial charge in [0.15, 0.2) is 0 Å². The Hall–Kier alpha value is -3.04. The Morgan fingerprint density at radius 3 is 2.21 bits per heavy atom. The van der Waals surface area contributed by atoms with Crippen LogP contribution in [0.25, 0.3) is 22.3 Å². The van der Waals surface area contributed by atoms with Gasteiger partial charge in [0, 0.05) is 17.5 Å². The summed E-state index contributed by atoms with van der Waals surface area (Å²) in [6.45, 7) is 2.99. The van der Waals surface area contributed by atoms with E-state index in [2.05, 4.69) is 66.5 Å². The highest BCUT2D eigenvalue weighted by Crippen LogP contribution is 2.28. The van der Waals surface area contributed by atoms with E-state index in [0.717, 1.165) is 47.6 Å². The Labute approximate surface area is 198 Å². The normalized spacial score (nSPS) is 11.3. The monoisotopic (exact) mass is 441 g/mol. The van der Waals surface area contributed by atoms with E-state index < -0.39 is 0 Å². The van der Waals surface area contributed by atoms with Crippen LogP contribution in [-0.4, -0.2) is 25.1 Å².